The maximum absolute atomic E-state index is 13.0. The Morgan fingerprint density at radius 2 is 2.04 bits per heavy atom. The number of hydrogen-bond acceptors (Lipinski definition) is 7. The van der Waals surface area contributed by atoms with Crippen molar-refractivity contribution < 1.29 is 13.2 Å². The first-order chi connectivity index (χ1) is 12.6. The van der Waals surface area contributed by atoms with Crippen LogP contribution in [0.15, 0.2) is 23.1 Å². The molecule has 1 atom stereocenters. The van der Waals surface area contributed by atoms with Crippen molar-refractivity contribution in [2.75, 3.05) is 32.7 Å². The Morgan fingerprint density at radius 1 is 1.23 bits per heavy atom. The van der Waals surface area contributed by atoms with E-state index in [9.17, 15) is 13.2 Å². The topological polar surface area (TPSA) is 95.5 Å². The van der Waals surface area contributed by atoms with Crippen molar-refractivity contribution in [1.82, 2.24) is 23.3 Å². The van der Waals surface area contributed by atoms with Crippen LogP contribution in [0.1, 0.15) is 19.3 Å². The maximum atomic E-state index is 13.0. The van der Waals surface area contributed by atoms with E-state index < -0.39 is 10.0 Å². The van der Waals surface area contributed by atoms with Gasteiger partial charge in [0.25, 0.3) is 0 Å². The van der Waals surface area contributed by atoms with Crippen molar-refractivity contribution in [2.45, 2.75) is 30.2 Å². The van der Waals surface area contributed by atoms with Crippen molar-refractivity contribution in [3.8, 4) is 0 Å². The number of fused-ring (bicyclic) bond motifs is 1. The van der Waals surface area contributed by atoms with Crippen LogP contribution in [-0.4, -0.2) is 71.0 Å². The number of amides is 1. The highest BCUT2D eigenvalue weighted by atomic mass is 32.2. The van der Waals surface area contributed by atoms with E-state index in [1.165, 1.54) is 4.31 Å². The van der Waals surface area contributed by atoms with Crippen LogP contribution in [0.2, 0.25) is 0 Å². The van der Waals surface area contributed by atoms with Gasteiger partial charge < -0.3 is 10.2 Å². The van der Waals surface area contributed by atoms with Gasteiger partial charge in [-0.3, -0.25) is 4.79 Å². The summed E-state index contributed by atoms with van der Waals surface area (Å²) >= 11 is 1.01. The van der Waals surface area contributed by atoms with Crippen LogP contribution < -0.4 is 5.32 Å². The molecule has 0 aliphatic carbocycles. The Labute approximate surface area is 156 Å². The molecule has 4 rings (SSSR count). The number of piperazine rings is 1. The molecule has 10 heteroatoms. The minimum atomic E-state index is -3.64. The third kappa shape index (κ3) is 3.34. The Hall–Kier alpha value is -1.62. The van der Waals surface area contributed by atoms with Gasteiger partial charge in [0, 0.05) is 38.6 Å². The molecule has 0 bridgehead atoms. The molecular weight excluding hydrogens is 374 g/mol. The summed E-state index contributed by atoms with van der Waals surface area (Å²) in [6.45, 7) is 2.44. The molecule has 1 amide bonds. The lowest BCUT2D eigenvalue weighted by Crippen LogP contribution is -2.51. The first-order valence-electron chi connectivity index (χ1n) is 8.78. The van der Waals surface area contributed by atoms with E-state index in [1.807, 2.05) is 0 Å². The second kappa shape index (κ2) is 7.18. The fourth-order valence-corrected chi connectivity index (χ4v) is 5.75. The summed E-state index contributed by atoms with van der Waals surface area (Å²) in [5.41, 5.74) is 1.01. The van der Waals surface area contributed by atoms with Gasteiger partial charge in [0.1, 0.15) is 15.9 Å². The van der Waals surface area contributed by atoms with E-state index in [-0.39, 0.29) is 16.8 Å². The normalized spacial score (nSPS) is 22.2. The van der Waals surface area contributed by atoms with Crippen LogP contribution in [0.5, 0.6) is 0 Å². The molecule has 2 aliphatic heterocycles. The zero-order valence-corrected chi connectivity index (χ0v) is 15.9. The number of rotatable bonds is 4. The largest absolute Gasteiger partial charge is 0.340 e. The third-order valence-corrected chi connectivity index (χ3v) is 7.51. The first-order valence-corrected chi connectivity index (χ1v) is 11.0. The molecule has 26 heavy (non-hydrogen) atoms. The lowest BCUT2D eigenvalue weighted by molar-refractivity contribution is -0.132. The highest BCUT2D eigenvalue weighted by molar-refractivity contribution is 7.89. The predicted molar refractivity (Wildman–Crippen MR) is 98.4 cm³/mol. The van der Waals surface area contributed by atoms with Crippen LogP contribution in [0, 0.1) is 0 Å². The first kappa shape index (κ1) is 17.8. The molecule has 1 N–H and O–H groups in total. The van der Waals surface area contributed by atoms with Crippen LogP contribution in [-0.2, 0) is 14.8 Å². The van der Waals surface area contributed by atoms with E-state index in [0.29, 0.717) is 43.6 Å². The SMILES string of the molecule is O=C(CC1CCCN1)N1CCN(S(=O)(=O)c2cccc3nsnc23)CC1. The average Bonchev–Trinajstić information content (AvgIpc) is 3.32. The lowest BCUT2D eigenvalue weighted by Gasteiger charge is -2.34. The molecule has 140 valence electrons. The monoisotopic (exact) mass is 395 g/mol. The molecule has 1 unspecified atom stereocenters. The molecule has 1 aromatic heterocycles. The predicted octanol–water partition coefficient (Wildman–Crippen LogP) is 0.666. The van der Waals surface area contributed by atoms with Crippen LogP contribution in [0.4, 0.5) is 0 Å². The summed E-state index contributed by atoms with van der Waals surface area (Å²) in [5, 5.41) is 3.33. The molecule has 8 nitrogen and oxygen atoms in total. The van der Waals surface area contributed by atoms with Crippen LogP contribution in [0.25, 0.3) is 11.0 Å². The Kier molecular flexibility index (Phi) is 4.91. The number of carbonyl (C=O) groups excluding carboxylic acids is 1. The summed E-state index contributed by atoms with van der Waals surface area (Å²) in [6.07, 6.45) is 2.64. The Balaban J connectivity index is 1.44. The summed E-state index contributed by atoms with van der Waals surface area (Å²) < 4.78 is 35.7. The number of hydrogen-bond donors (Lipinski definition) is 1. The van der Waals surface area contributed by atoms with E-state index >= 15 is 0 Å². The molecular formula is C16H21N5O3S2. The van der Waals surface area contributed by atoms with Crippen molar-refractivity contribution >= 4 is 38.7 Å². The van der Waals surface area contributed by atoms with Gasteiger partial charge in [0.05, 0.1) is 11.7 Å². The molecule has 3 heterocycles. The standard InChI is InChI=1S/C16H21N5O3S2/c22-15(11-12-3-2-6-17-12)20-7-9-21(10-8-20)26(23,24)14-5-1-4-13-16(14)19-25-18-13/h1,4-5,12,17H,2-3,6-11H2. The molecule has 2 saturated heterocycles. The molecule has 2 fully saturated rings. The van der Waals surface area contributed by atoms with Gasteiger partial charge in [0.2, 0.25) is 15.9 Å². The Bertz CT molecular complexity index is 900. The van der Waals surface area contributed by atoms with Gasteiger partial charge in [-0.1, -0.05) is 6.07 Å². The summed E-state index contributed by atoms with van der Waals surface area (Å²) in [7, 11) is -3.64. The molecule has 0 spiro atoms. The van der Waals surface area contributed by atoms with Crippen LogP contribution >= 0.6 is 11.7 Å². The number of benzene rings is 1. The summed E-state index contributed by atoms with van der Waals surface area (Å²) in [6, 6.07) is 5.28. The van der Waals surface area contributed by atoms with Crippen molar-refractivity contribution in [3.63, 3.8) is 0 Å². The fraction of sp³-hybridized carbons (Fsp3) is 0.562. The minimum absolute atomic E-state index is 0.104. The van der Waals surface area contributed by atoms with Crippen molar-refractivity contribution in [1.29, 1.82) is 0 Å². The lowest BCUT2D eigenvalue weighted by atomic mass is 10.1. The summed E-state index contributed by atoms with van der Waals surface area (Å²) in [5.74, 6) is 0.104. The second-order valence-electron chi connectivity index (χ2n) is 6.67. The smallest absolute Gasteiger partial charge is 0.245 e. The zero-order valence-electron chi connectivity index (χ0n) is 14.3. The van der Waals surface area contributed by atoms with E-state index in [1.54, 1.807) is 23.1 Å². The average molecular weight is 396 g/mol. The number of sulfonamides is 1. The van der Waals surface area contributed by atoms with Crippen molar-refractivity contribution in [3.05, 3.63) is 18.2 Å². The molecule has 2 aliphatic rings. The van der Waals surface area contributed by atoms with Gasteiger partial charge >= 0.3 is 0 Å². The van der Waals surface area contributed by atoms with E-state index in [0.717, 1.165) is 31.1 Å². The highest BCUT2D eigenvalue weighted by Gasteiger charge is 2.32. The zero-order chi connectivity index (χ0) is 18.1. The molecule has 0 radical (unpaired) electrons. The van der Waals surface area contributed by atoms with Crippen LogP contribution in [0.3, 0.4) is 0 Å². The minimum Gasteiger partial charge on any atom is -0.340 e. The van der Waals surface area contributed by atoms with Gasteiger partial charge in [-0.05, 0) is 31.5 Å². The van der Waals surface area contributed by atoms with Gasteiger partial charge in [-0.25, -0.2) is 8.42 Å². The Morgan fingerprint density at radius 3 is 2.77 bits per heavy atom. The van der Waals surface area contributed by atoms with Gasteiger partial charge in [0.15, 0.2) is 0 Å². The molecule has 0 saturated carbocycles. The number of aromatic nitrogens is 2. The number of carbonyl (C=O) groups is 1. The second-order valence-corrected chi connectivity index (χ2v) is 9.11. The maximum Gasteiger partial charge on any atom is 0.245 e. The quantitative estimate of drug-likeness (QED) is 0.817. The van der Waals surface area contributed by atoms with Gasteiger partial charge in [-0.2, -0.15) is 13.1 Å². The number of nitrogens with zero attached hydrogens (tertiary/aromatic N) is 4. The number of nitrogens with one attached hydrogen (secondary N) is 1. The third-order valence-electron chi connectivity index (χ3n) is 5.04. The van der Waals surface area contributed by atoms with Crippen molar-refractivity contribution in [2.24, 2.45) is 0 Å². The summed E-state index contributed by atoms with van der Waals surface area (Å²) in [4.78, 5) is 14.4. The van der Waals surface area contributed by atoms with Gasteiger partial charge in [-0.15, -0.1) is 0 Å². The molecule has 1 aromatic carbocycles. The van der Waals surface area contributed by atoms with E-state index in [2.05, 4.69) is 14.1 Å². The fourth-order valence-electron chi connectivity index (χ4n) is 3.58. The van der Waals surface area contributed by atoms with E-state index in [4.69, 9.17) is 0 Å². The molecule has 2 aromatic rings. The highest BCUT2D eigenvalue weighted by Crippen LogP contribution is 2.25.